The molecule has 26 heavy (non-hydrogen) atoms. The van der Waals surface area contributed by atoms with Gasteiger partial charge in [0, 0.05) is 25.1 Å². The number of rotatable bonds is 5. The molecule has 1 aliphatic rings. The minimum atomic E-state index is -0.764. The number of benzene rings is 2. The van der Waals surface area contributed by atoms with Gasteiger partial charge in [-0.2, -0.15) is 0 Å². The molecule has 3 amide bonds. The third-order valence-electron chi connectivity index (χ3n) is 4.37. The predicted molar refractivity (Wildman–Crippen MR) is 96.4 cm³/mol. The van der Waals surface area contributed by atoms with Gasteiger partial charge in [-0.1, -0.05) is 30.3 Å². The zero-order valence-electron chi connectivity index (χ0n) is 14.3. The molecular weight excluding hydrogens is 334 g/mol. The van der Waals surface area contributed by atoms with Gasteiger partial charge in [0.25, 0.3) is 5.91 Å². The molecule has 2 aromatic rings. The van der Waals surface area contributed by atoms with Crippen LogP contribution in [0.2, 0.25) is 0 Å². The summed E-state index contributed by atoms with van der Waals surface area (Å²) in [4.78, 5) is 37.2. The smallest absolute Gasteiger partial charge is 0.251 e. The molecule has 1 heterocycles. The third kappa shape index (κ3) is 4.18. The van der Waals surface area contributed by atoms with Crippen molar-refractivity contribution in [3.05, 3.63) is 48.0 Å². The maximum Gasteiger partial charge on any atom is 0.251 e. The molecule has 1 saturated heterocycles. The van der Waals surface area contributed by atoms with Crippen LogP contribution in [0.25, 0.3) is 10.8 Å². The fourth-order valence-corrected chi connectivity index (χ4v) is 2.92. The first-order chi connectivity index (χ1) is 12.5. The largest absolute Gasteiger partial charge is 0.367 e. The van der Waals surface area contributed by atoms with E-state index in [0.29, 0.717) is 12.1 Å². The van der Waals surface area contributed by atoms with Gasteiger partial charge >= 0.3 is 0 Å². The van der Waals surface area contributed by atoms with Crippen molar-refractivity contribution in [1.82, 2.24) is 10.2 Å². The molecule has 0 spiro atoms. The van der Waals surface area contributed by atoms with Crippen LogP contribution in [0.15, 0.2) is 42.5 Å². The number of morpholine rings is 1. The summed E-state index contributed by atoms with van der Waals surface area (Å²) in [6.45, 7) is 1.08. The zero-order chi connectivity index (χ0) is 18.5. The molecule has 0 aromatic heterocycles. The Labute approximate surface area is 151 Å². The highest BCUT2D eigenvalue weighted by Gasteiger charge is 2.27. The van der Waals surface area contributed by atoms with Crippen molar-refractivity contribution < 1.29 is 19.1 Å². The number of ether oxygens (including phenoxy) is 1. The Bertz CT molecular complexity index is 836. The van der Waals surface area contributed by atoms with Crippen molar-refractivity contribution in [3.8, 4) is 0 Å². The summed E-state index contributed by atoms with van der Waals surface area (Å²) >= 11 is 0. The van der Waals surface area contributed by atoms with E-state index in [1.807, 2.05) is 36.4 Å². The summed E-state index contributed by atoms with van der Waals surface area (Å²) in [6.07, 6.45) is -0.606. The van der Waals surface area contributed by atoms with E-state index in [1.54, 1.807) is 11.0 Å². The van der Waals surface area contributed by atoms with Crippen LogP contribution in [0.1, 0.15) is 16.8 Å². The topological polar surface area (TPSA) is 102 Å². The minimum absolute atomic E-state index is 0.140. The molecule has 0 bridgehead atoms. The van der Waals surface area contributed by atoms with Crippen LogP contribution in [0.3, 0.4) is 0 Å². The van der Waals surface area contributed by atoms with Crippen molar-refractivity contribution >= 4 is 28.5 Å². The van der Waals surface area contributed by atoms with Crippen LogP contribution >= 0.6 is 0 Å². The molecular formula is C19H21N3O4. The lowest BCUT2D eigenvalue weighted by Crippen LogP contribution is -2.50. The minimum Gasteiger partial charge on any atom is -0.367 e. The molecule has 2 aromatic carbocycles. The Morgan fingerprint density at radius 1 is 1.15 bits per heavy atom. The number of nitrogens with zero attached hydrogens (tertiary/aromatic N) is 1. The number of hydrogen-bond acceptors (Lipinski definition) is 4. The Kier molecular flexibility index (Phi) is 5.48. The zero-order valence-corrected chi connectivity index (χ0v) is 14.3. The van der Waals surface area contributed by atoms with Crippen LogP contribution in [0.4, 0.5) is 0 Å². The lowest BCUT2D eigenvalue weighted by atomic mass is 10.1. The van der Waals surface area contributed by atoms with E-state index >= 15 is 0 Å². The predicted octanol–water partition coefficient (Wildman–Crippen LogP) is 0.672. The molecule has 3 rings (SSSR count). The maximum atomic E-state index is 12.3. The lowest BCUT2D eigenvalue weighted by Gasteiger charge is -2.31. The van der Waals surface area contributed by atoms with Gasteiger partial charge in [0.1, 0.15) is 0 Å². The van der Waals surface area contributed by atoms with E-state index in [2.05, 4.69) is 5.32 Å². The highest BCUT2D eigenvalue weighted by molar-refractivity contribution is 5.98. The van der Waals surface area contributed by atoms with Gasteiger partial charge in [-0.05, 0) is 22.9 Å². The first-order valence-corrected chi connectivity index (χ1v) is 8.50. The van der Waals surface area contributed by atoms with E-state index in [0.717, 1.165) is 10.8 Å². The molecule has 136 valence electrons. The highest BCUT2D eigenvalue weighted by atomic mass is 16.5. The van der Waals surface area contributed by atoms with Crippen LogP contribution in [0, 0.1) is 0 Å². The SMILES string of the molecule is NC(=O)[C@H]1CN(C(=O)CCNC(=O)c2ccc3ccccc3c2)CCO1. The fraction of sp³-hybridized carbons (Fsp3) is 0.316. The molecule has 1 fully saturated rings. The Balaban J connectivity index is 1.51. The standard InChI is InChI=1S/C19H21N3O4/c20-18(24)16-12-22(9-10-26-16)17(23)7-8-21-19(25)15-6-5-13-3-1-2-4-14(13)11-15/h1-6,11,16H,7-10,12H2,(H2,20,24)(H,21,25)/t16-/m1/s1. The van der Waals surface area contributed by atoms with Crippen molar-refractivity contribution in [2.24, 2.45) is 5.73 Å². The normalized spacial score (nSPS) is 17.1. The quantitative estimate of drug-likeness (QED) is 0.823. The van der Waals surface area contributed by atoms with Crippen LogP contribution in [-0.2, 0) is 14.3 Å². The third-order valence-corrected chi connectivity index (χ3v) is 4.37. The summed E-state index contributed by atoms with van der Waals surface area (Å²) in [5.41, 5.74) is 5.77. The van der Waals surface area contributed by atoms with E-state index in [9.17, 15) is 14.4 Å². The van der Waals surface area contributed by atoms with Crippen molar-refractivity contribution in [1.29, 1.82) is 0 Å². The summed E-state index contributed by atoms with van der Waals surface area (Å²) in [5.74, 6) is -0.939. The second kappa shape index (κ2) is 7.97. The summed E-state index contributed by atoms with van der Waals surface area (Å²) in [7, 11) is 0. The average Bonchev–Trinajstić information content (AvgIpc) is 2.67. The molecule has 7 heteroatoms. The monoisotopic (exact) mass is 355 g/mol. The van der Waals surface area contributed by atoms with Gasteiger partial charge in [-0.15, -0.1) is 0 Å². The molecule has 0 aliphatic carbocycles. The molecule has 0 radical (unpaired) electrons. The Morgan fingerprint density at radius 3 is 2.69 bits per heavy atom. The molecule has 7 nitrogen and oxygen atoms in total. The van der Waals surface area contributed by atoms with Gasteiger partial charge in [-0.25, -0.2) is 0 Å². The second-order valence-corrected chi connectivity index (χ2v) is 6.17. The van der Waals surface area contributed by atoms with E-state index in [-0.39, 0.29) is 37.9 Å². The first-order valence-electron chi connectivity index (χ1n) is 8.50. The van der Waals surface area contributed by atoms with Gasteiger partial charge < -0.3 is 20.7 Å². The number of carbonyl (C=O) groups is 3. The summed E-state index contributed by atoms with van der Waals surface area (Å²) in [5, 5.41) is 4.81. The van der Waals surface area contributed by atoms with E-state index in [4.69, 9.17) is 10.5 Å². The Hall–Kier alpha value is -2.93. The molecule has 1 atom stereocenters. The summed E-state index contributed by atoms with van der Waals surface area (Å²) < 4.78 is 5.22. The maximum absolute atomic E-state index is 12.3. The average molecular weight is 355 g/mol. The first kappa shape index (κ1) is 17.9. The molecule has 1 aliphatic heterocycles. The highest BCUT2D eigenvalue weighted by Crippen LogP contribution is 2.15. The number of fused-ring (bicyclic) bond motifs is 1. The second-order valence-electron chi connectivity index (χ2n) is 6.17. The van der Waals surface area contributed by atoms with E-state index in [1.165, 1.54) is 0 Å². The molecule has 3 N–H and O–H groups in total. The van der Waals surface area contributed by atoms with Gasteiger partial charge in [0.15, 0.2) is 6.10 Å². The number of nitrogens with two attached hydrogens (primary N) is 1. The van der Waals surface area contributed by atoms with Crippen molar-refractivity contribution in [3.63, 3.8) is 0 Å². The van der Waals surface area contributed by atoms with Gasteiger partial charge in [-0.3, -0.25) is 14.4 Å². The fourth-order valence-electron chi connectivity index (χ4n) is 2.92. The van der Waals surface area contributed by atoms with Crippen LogP contribution in [-0.4, -0.2) is 55.0 Å². The van der Waals surface area contributed by atoms with Crippen molar-refractivity contribution in [2.45, 2.75) is 12.5 Å². The van der Waals surface area contributed by atoms with Gasteiger partial charge in [0.05, 0.1) is 13.2 Å². The number of nitrogens with one attached hydrogen (secondary N) is 1. The van der Waals surface area contributed by atoms with Crippen LogP contribution < -0.4 is 11.1 Å². The van der Waals surface area contributed by atoms with Crippen LogP contribution in [0.5, 0.6) is 0 Å². The van der Waals surface area contributed by atoms with Crippen molar-refractivity contribution in [2.75, 3.05) is 26.2 Å². The Morgan fingerprint density at radius 2 is 1.92 bits per heavy atom. The summed E-state index contributed by atoms with van der Waals surface area (Å²) in [6, 6.07) is 13.3. The lowest BCUT2D eigenvalue weighted by molar-refractivity contribution is -0.145. The number of hydrogen-bond donors (Lipinski definition) is 2. The molecule has 0 unspecified atom stereocenters. The number of carbonyl (C=O) groups excluding carboxylic acids is 3. The number of primary amides is 1. The van der Waals surface area contributed by atoms with Gasteiger partial charge in [0.2, 0.25) is 11.8 Å². The number of amides is 3. The molecule has 0 saturated carbocycles. The van der Waals surface area contributed by atoms with E-state index < -0.39 is 12.0 Å².